The van der Waals surface area contributed by atoms with Crippen molar-refractivity contribution >= 4 is 33.0 Å². The summed E-state index contributed by atoms with van der Waals surface area (Å²) in [6.07, 6.45) is 0.453. The molecule has 1 heterocycles. The van der Waals surface area contributed by atoms with E-state index >= 15 is 0 Å². The highest BCUT2D eigenvalue weighted by atomic mass is 35.5. The quantitative estimate of drug-likeness (QED) is 0.377. The van der Waals surface area contributed by atoms with E-state index in [2.05, 4.69) is 22.2 Å². The van der Waals surface area contributed by atoms with Crippen molar-refractivity contribution in [1.82, 2.24) is 0 Å². The first-order chi connectivity index (χ1) is 16.1. The Kier molecular flexibility index (Phi) is 5.61. The molecule has 0 bridgehead atoms. The van der Waals surface area contributed by atoms with Gasteiger partial charge in [0, 0.05) is 22.3 Å². The number of hydrogen-bond acceptors (Lipinski definition) is 3. The van der Waals surface area contributed by atoms with E-state index in [0.717, 1.165) is 35.4 Å². The van der Waals surface area contributed by atoms with Gasteiger partial charge < -0.3 is 5.32 Å². The Balaban J connectivity index is 1.46. The Morgan fingerprint density at radius 3 is 2.50 bits per heavy atom. The van der Waals surface area contributed by atoms with Crippen LogP contribution in [0.1, 0.15) is 35.1 Å². The Morgan fingerprint density at radius 2 is 1.76 bits per heavy atom. The first kappa shape index (κ1) is 22.8. The summed E-state index contributed by atoms with van der Waals surface area (Å²) in [5, 5.41) is 4.19. The molecule has 0 aromatic heterocycles. The van der Waals surface area contributed by atoms with Crippen molar-refractivity contribution in [2.24, 2.45) is 5.92 Å². The fourth-order valence-corrected chi connectivity index (χ4v) is 5.92. The van der Waals surface area contributed by atoms with E-state index in [-0.39, 0.29) is 28.5 Å². The zero-order chi connectivity index (χ0) is 24.1. The van der Waals surface area contributed by atoms with Gasteiger partial charge in [-0.05, 0) is 72.0 Å². The van der Waals surface area contributed by atoms with E-state index < -0.39 is 21.8 Å². The Bertz CT molecular complexity index is 1370. The number of hydrogen-bond donors (Lipinski definition) is 2. The number of fused-ring (bicyclic) bond motifs is 3. The van der Waals surface area contributed by atoms with E-state index in [4.69, 9.17) is 11.6 Å². The van der Waals surface area contributed by atoms with E-state index in [1.165, 1.54) is 18.2 Å². The molecule has 0 amide bonds. The van der Waals surface area contributed by atoms with Crippen LogP contribution in [0, 0.1) is 5.92 Å². The molecule has 34 heavy (non-hydrogen) atoms. The Labute approximate surface area is 200 Å². The van der Waals surface area contributed by atoms with Gasteiger partial charge in [0.15, 0.2) is 0 Å². The van der Waals surface area contributed by atoms with Gasteiger partial charge in [0.1, 0.15) is 0 Å². The maximum Gasteiger partial charge on any atom is 0.416 e. The summed E-state index contributed by atoms with van der Waals surface area (Å²) in [6, 6.07) is 16.6. The monoisotopic (exact) mass is 504 g/mol. The van der Waals surface area contributed by atoms with Crippen LogP contribution in [0.4, 0.5) is 24.5 Å². The lowest BCUT2D eigenvalue weighted by Crippen LogP contribution is -2.29. The fraction of sp³-hybridized carbons (Fsp3) is 0.200. The zero-order valence-corrected chi connectivity index (χ0v) is 19.3. The van der Waals surface area contributed by atoms with Crippen LogP contribution < -0.4 is 10.0 Å². The summed E-state index contributed by atoms with van der Waals surface area (Å²) >= 11 is 6.04. The molecule has 5 rings (SSSR count). The van der Waals surface area contributed by atoms with E-state index in [1.807, 2.05) is 24.3 Å². The third kappa shape index (κ3) is 4.28. The molecule has 3 aromatic carbocycles. The number of benzene rings is 3. The molecule has 4 nitrogen and oxygen atoms in total. The average Bonchev–Trinajstić information content (AvgIpc) is 3.28. The number of alkyl halides is 3. The molecule has 3 atom stereocenters. The molecule has 0 unspecified atom stereocenters. The predicted octanol–water partition coefficient (Wildman–Crippen LogP) is 6.99. The van der Waals surface area contributed by atoms with Gasteiger partial charge >= 0.3 is 6.18 Å². The molecule has 0 saturated carbocycles. The van der Waals surface area contributed by atoms with Gasteiger partial charge in [-0.15, -0.1) is 0 Å². The molecule has 1 aliphatic heterocycles. The van der Waals surface area contributed by atoms with Gasteiger partial charge in [-0.2, -0.15) is 13.2 Å². The van der Waals surface area contributed by atoms with Crippen molar-refractivity contribution in [2.75, 3.05) is 10.0 Å². The van der Waals surface area contributed by atoms with Crippen LogP contribution in [-0.4, -0.2) is 8.42 Å². The van der Waals surface area contributed by atoms with E-state index in [1.54, 1.807) is 12.1 Å². The molecule has 176 valence electrons. The molecular formula is C25H20ClF3N2O2S. The summed E-state index contributed by atoms with van der Waals surface area (Å²) in [5.41, 5.74) is 1.69. The third-order valence-corrected chi connectivity index (χ3v) is 7.95. The van der Waals surface area contributed by atoms with Crippen molar-refractivity contribution < 1.29 is 21.6 Å². The lowest BCUT2D eigenvalue weighted by molar-refractivity contribution is -0.137. The molecule has 0 saturated heterocycles. The zero-order valence-electron chi connectivity index (χ0n) is 17.7. The number of rotatable bonds is 4. The molecule has 0 radical (unpaired) electrons. The van der Waals surface area contributed by atoms with E-state index in [0.29, 0.717) is 5.02 Å². The first-order valence-electron chi connectivity index (χ1n) is 10.6. The number of allylic oxidation sites excluding steroid dienone is 2. The normalized spacial score (nSPS) is 21.5. The van der Waals surface area contributed by atoms with Crippen LogP contribution in [-0.2, 0) is 16.2 Å². The van der Waals surface area contributed by atoms with Crippen LogP contribution in [0.25, 0.3) is 0 Å². The van der Waals surface area contributed by atoms with Crippen molar-refractivity contribution in [3.05, 3.63) is 101 Å². The summed E-state index contributed by atoms with van der Waals surface area (Å²) in [5.74, 6) is 0.212. The molecule has 0 spiro atoms. The molecule has 1 aliphatic carbocycles. The van der Waals surface area contributed by atoms with Crippen LogP contribution in [0.15, 0.2) is 83.8 Å². The lowest BCUT2D eigenvalue weighted by Gasteiger charge is -2.37. The fourth-order valence-electron chi connectivity index (χ4n) is 4.71. The second kappa shape index (κ2) is 8.36. The van der Waals surface area contributed by atoms with Crippen LogP contribution in [0.2, 0.25) is 5.02 Å². The second-order valence-electron chi connectivity index (χ2n) is 8.46. The molecule has 2 N–H and O–H groups in total. The highest BCUT2D eigenvalue weighted by Gasteiger charge is 2.38. The minimum absolute atomic E-state index is 0.00513. The maximum absolute atomic E-state index is 13.0. The highest BCUT2D eigenvalue weighted by Crippen LogP contribution is 2.50. The highest BCUT2D eigenvalue weighted by molar-refractivity contribution is 7.92. The average molecular weight is 505 g/mol. The molecule has 0 fully saturated rings. The molecule has 2 aliphatic rings. The van der Waals surface area contributed by atoms with Crippen molar-refractivity contribution in [3.8, 4) is 0 Å². The van der Waals surface area contributed by atoms with Gasteiger partial charge in [-0.1, -0.05) is 42.0 Å². The second-order valence-corrected chi connectivity index (χ2v) is 10.6. The van der Waals surface area contributed by atoms with Crippen LogP contribution in [0.3, 0.4) is 0 Å². The number of halogens is 4. The van der Waals surface area contributed by atoms with E-state index in [9.17, 15) is 21.6 Å². The largest absolute Gasteiger partial charge is 0.416 e. The smallest absolute Gasteiger partial charge is 0.378 e. The summed E-state index contributed by atoms with van der Waals surface area (Å²) in [4.78, 5) is -0.00513. The van der Waals surface area contributed by atoms with Gasteiger partial charge in [0.25, 0.3) is 10.0 Å². The molecule has 9 heteroatoms. The maximum atomic E-state index is 13.0. The van der Waals surface area contributed by atoms with Gasteiger partial charge in [-0.25, -0.2) is 8.42 Å². The van der Waals surface area contributed by atoms with Crippen LogP contribution in [0.5, 0.6) is 0 Å². The molecule has 3 aromatic rings. The van der Waals surface area contributed by atoms with Crippen LogP contribution >= 0.6 is 11.6 Å². The van der Waals surface area contributed by atoms with Gasteiger partial charge in [0.2, 0.25) is 0 Å². The number of nitrogens with one attached hydrogen (secondary N) is 2. The Morgan fingerprint density at radius 1 is 1.00 bits per heavy atom. The predicted molar refractivity (Wildman–Crippen MR) is 126 cm³/mol. The van der Waals surface area contributed by atoms with Crippen molar-refractivity contribution in [2.45, 2.75) is 29.5 Å². The molecular weight excluding hydrogens is 485 g/mol. The topological polar surface area (TPSA) is 58.2 Å². The van der Waals surface area contributed by atoms with Gasteiger partial charge in [0.05, 0.1) is 16.5 Å². The minimum Gasteiger partial charge on any atom is -0.378 e. The Hall–Kier alpha value is -2.97. The van der Waals surface area contributed by atoms with Gasteiger partial charge in [-0.3, -0.25) is 4.72 Å². The SMILES string of the molecule is O=S(=O)(Nc1cccc(C(F)(F)F)c1)c1ccc2c(c1)[C@H]1C=CC[C@H]1[C@@H](c1ccc(Cl)cc1)N2. The number of sulfonamides is 1. The third-order valence-electron chi connectivity index (χ3n) is 6.32. The summed E-state index contributed by atoms with van der Waals surface area (Å²) in [6.45, 7) is 0. The summed E-state index contributed by atoms with van der Waals surface area (Å²) < 4.78 is 67.3. The summed E-state index contributed by atoms with van der Waals surface area (Å²) in [7, 11) is -4.09. The standard InChI is InChI=1S/C25H20ClF3N2O2S/c26-17-9-7-15(8-10-17)24-21-6-2-5-20(21)22-14-19(11-12-23(22)30-24)34(32,33)31-18-4-1-3-16(13-18)25(27,28)29/h1-5,7-14,20-21,24,30-31H,6H2/t20-,21+,24+/m0/s1. The van der Waals surface area contributed by atoms with Crippen molar-refractivity contribution in [1.29, 1.82) is 0 Å². The lowest BCUT2D eigenvalue weighted by atomic mass is 9.77. The minimum atomic E-state index is -4.57. The van der Waals surface area contributed by atoms with Crippen molar-refractivity contribution in [3.63, 3.8) is 0 Å². The first-order valence-corrected chi connectivity index (χ1v) is 12.5. The number of anilines is 2.